The molecule has 0 spiro atoms. The number of aryl methyl sites for hydroxylation is 1. The van der Waals surface area contributed by atoms with Crippen LogP contribution in [-0.2, 0) is 4.79 Å². The number of hydrogen-bond acceptors (Lipinski definition) is 2. The smallest absolute Gasteiger partial charge is 0.228 e. The van der Waals surface area contributed by atoms with Gasteiger partial charge in [0, 0.05) is 24.2 Å². The summed E-state index contributed by atoms with van der Waals surface area (Å²) in [7, 11) is 0. The summed E-state index contributed by atoms with van der Waals surface area (Å²) in [5.74, 6) is 0.249. The molecule has 1 atom stereocenters. The summed E-state index contributed by atoms with van der Waals surface area (Å²) in [6.07, 6.45) is 4.08. The fourth-order valence-electron chi connectivity index (χ4n) is 2.69. The van der Waals surface area contributed by atoms with E-state index in [1.807, 2.05) is 31.9 Å². The van der Waals surface area contributed by atoms with Crippen molar-refractivity contribution in [2.75, 3.05) is 13.1 Å². The maximum atomic E-state index is 12.4. The number of likely N-dealkylation sites (tertiary alicyclic amines) is 1. The van der Waals surface area contributed by atoms with Crippen LogP contribution in [0.5, 0.6) is 0 Å². The minimum absolute atomic E-state index is 0.249. The SMILES string of the molecule is Cc1cnn(C2CCCN(C(=O)C(C)(C)C)C2)c1C. The Morgan fingerprint density at radius 2 is 2.05 bits per heavy atom. The average molecular weight is 263 g/mol. The molecule has 1 fully saturated rings. The molecule has 1 aromatic rings. The number of aromatic nitrogens is 2. The first-order chi connectivity index (χ1) is 8.80. The molecule has 2 rings (SSSR count). The Balaban J connectivity index is 2.14. The Morgan fingerprint density at radius 1 is 1.37 bits per heavy atom. The number of rotatable bonds is 1. The molecule has 0 N–H and O–H groups in total. The second-order valence-electron chi connectivity index (χ2n) is 6.65. The largest absolute Gasteiger partial charge is 0.340 e. The van der Waals surface area contributed by atoms with Gasteiger partial charge in [0.05, 0.1) is 12.2 Å². The zero-order valence-electron chi connectivity index (χ0n) is 12.7. The zero-order chi connectivity index (χ0) is 14.2. The lowest BCUT2D eigenvalue weighted by Gasteiger charge is -2.36. The summed E-state index contributed by atoms with van der Waals surface area (Å²) in [6, 6.07) is 0.328. The van der Waals surface area contributed by atoms with Crippen molar-refractivity contribution in [2.45, 2.75) is 53.5 Å². The van der Waals surface area contributed by atoms with Gasteiger partial charge in [0.1, 0.15) is 0 Å². The lowest BCUT2D eigenvalue weighted by Crippen LogP contribution is -2.45. The van der Waals surface area contributed by atoms with Gasteiger partial charge in [-0.05, 0) is 32.3 Å². The van der Waals surface area contributed by atoms with E-state index >= 15 is 0 Å². The van der Waals surface area contributed by atoms with Crippen LogP contribution in [0.1, 0.15) is 50.9 Å². The molecule has 106 valence electrons. The molecule has 1 aliphatic rings. The predicted octanol–water partition coefficient (Wildman–Crippen LogP) is 2.71. The summed E-state index contributed by atoms with van der Waals surface area (Å²) in [5.41, 5.74) is 2.14. The van der Waals surface area contributed by atoms with Gasteiger partial charge >= 0.3 is 0 Å². The van der Waals surface area contributed by atoms with Crippen molar-refractivity contribution in [2.24, 2.45) is 5.41 Å². The maximum Gasteiger partial charge on any atom is 0.228 e. The van der Waals surface area contributed by atoms with Crippen molar-refractivity contribution >= 4 is 5.91 Å². The number of carbonyl (C=O) groups is 1. The molecule has 0 aromatic carbocycles. The van der Waals surface area contributed by atoms with E-state index in [9.17, 15) is 4.79 Å². The summed E-state index contributed by atoms with van der Waals surface area (Å²) < 4.78 is 2.09. The molecule has 0 aliphatic carbocycles. The van der Waals surface area contributed by atoms with E-state index in [2.05, 4.69) is 23.6 Å². The van der Waals surface area contributed by atoms with Gasteiger partial charge in [-0.25, -0.2) is 0 Å². The normalized spacial score (nSPS) is 20.7. The number of piperidine rings is 1. The monoisotopic (exact) mass is 263 g/mol. The van der Waals surface area contributed by atoms with Gasteiger partial charge in [-0.2, -0.15) is 5.10 Å². The Kier molecular flexibility index (Phi) is 3.70. The van der Waals surface area contributed by atoms with Gasteiger partial charge in [0.15, 0.2) is 0 Å². The summed E-state index contributed by atoms with van der Waals surface area (Å²) in [4.78, 5) is 14.4. The highest BCUT2D eigenvalue weighted by atomic mass is 16.2. The standard InChI is InChI=1S/C15H25N3O/c1-11-9-16-18(12(11)2)13-7-6-8-17(10-13)14(19)15(3,4)5/h9,13H,6-8,10H2,1-5H3. The van der Waals surface area contributed by atoms with E-state index in [1.165, 1.54) is 11.3 Å². The molecule has 1 aliphatic heterocycles. The van der Waals surface area contributed by atoms with E-state index in [-0.39, 0.29) is 11.3 Å². The van der Waals surface area contributed by atoms with Crippen molar-refractivity contribution < 1.29 is 4.79 Å². The van der Waals surface area contributed by atoms with Crippen molar-refractivity contribution in [3.05, 3.63) is 17.5 Å². The molecule has 1 unspecified atom stereocenters. The topological polar surface area (TPSA) is 38.1 Å². The Hall–Kier alpha value is -1.32. The second kappa shape index (κ2) is 4.99. The average Bonchev–Trinajstić information content (AvgIpc) is 2.68. The highest BCUT2D eigenvalue weighted by molar-refractivity contribution is 5.81. The Bertz CT molecular complexity index is 470. The highest BCUT2D eigenvalue weighted by Crippen LogP contribution is 2.27. The molecule has 1 amide bonds. The molecule has 1 aromatic heterocycles. The van der Waals surface area contributed by atoms with Crippen LogP contribution in [0.2, 0.25) is 0 Å². The van der Waals surface area contributed by atoms with Gasteiger partial charge < -0.3 is 4.90 Å². The van der Waals surface area contributed by atoms with Crippen molar-refractivity contribution in [3.8, 4) is 0 Å². The zero-order valence-corrected chi connectivity index (χ0v) is 12.7. The maximum absolute atomic E-state index is 12.4. The van der Waals surface area contributed by atoms with E-state index < -0.39 is 0 Å². The van der Waals surface area contributed by atoms with Crippen LogP contribution < -0.4 is 0 Å². The molecule has 4 heteroatoms. The van der Waals surface area contributed by atoms with Gasteiger partial charge in [0.25, 0.3) is 0 Å². The Morgan fingerprint density at radius 3 is 2.58 bits per heavy atom. The fourth-order valence-corrected chi connectivity index (χ4v) is 2.69. The van der Waals surface area contributed by atoms with Gasteiger partial charge in [-0.1, -0.05) is 20.8 Å². The van der Waals surface area contributed by atoms with Crippen LogP contribution in [0.25, 0.3) is 0 Å². The van der Waals surface area contributed by atoms with Gasteiger partial charge in [-0.15, -0.1) is 0 Å². The summed E-state index contributed by atoms with van der Waals surface area (Å²) in [6.45, 7) is 11.8. The first-order valence-corrected chi connectivity index (χ1v) is 7.11. The third-order valence-corrected chi connectivity index (χ3v) is 3.96. The molecule has 0 radical (unpaired) electrons. The number of nitrogens with zero attached hydrogens (tertiary/aromatic N) is 3. The van der Waals surface area contributed by atoms with Crippen LogP contribution in [0.3, 0.4) is 0 Å². The molecule has 19 heavy (non-hydrogen) atoms. The Labute approximate surface area is 115 Å². The van der Waals surface area contributed by atoms with Crippen molar-refractivity contribution in [1.29, 1.82) is 0 Å². The van der Waals surface area contributed by atoms with E-state index in [0.29, 0.717) is 6.04 Å². The summed E-state index contributed by atoms with van der Waals surface area (Å²) in [5, 5.41) is 4.47. The van der Waals surface area contributed by atoms with E-state index in [1.54, 1.807) is 0 Å². The first-order valence-electron chi connectivity index (χ1n) is 7.11. The van der Waals surface area contributed by atoms with Crippen LogP contribution in [0, 0.1) is 19.3 Å². The number of carbonyl (C=O) groups excluding carboxylic acids is 1. The third-order valence-electron chi connectivity index (χ3n) is 3.96. The lowest BCUT2D eigenvalue weighted by atomic mass is 9.93. The lowest BCUT2D eigenvalue weighted by molar-refractivity contribution is -0.141. The molecular formula is C15H25N3O. The van der Waals surface area contributed by atoms with Gasteiger partial charge in [0.2, 0.25) is 5.91 Å². The minimum Gasteiger partial charge on any atom is -0.340 e. The minimum atomic E-state index is -0.295. The molecular weight excluding hydrogens is 238 g/mol. The number of hydrogen-bond donors (Lipinski definition) is 0. The highest BCUT2D eigenvalue weighted by Gasteiger charge is 2.32. The van der Waals surface area contributed by atoms with E-state index in [0.717, 1.165) is 25.9 Å². The molecule has 0 bridgehead atoms. The van der Waals surface area contributed by atoms with Crippen LogP contribution >= 0.6 is 0 Å². The summed E-state index contributed by atoms with van der Waals surface area (Å²) >= 11 is 0. The molecule has 4 nitrogen and oxygen atoms in total. The van der Waals surface area contributed by atoms with Gasteiger partial charge in [-0.3, -0.25) is 9.48 Å². The number of amides is 1. The third kappa shape index (κ3) is 2.82. The molecule has 2 heterocycles. The fraction of sp³-hybridized carbons (Fsp3) is 0.733. The van der Waals surface area contributed by atoms with Crippen LogP contribution in [-0.4, -0.2) is 33.7 Å². The van der Waals surface area contributed by atoms with Crippen molar-refractivity contribution in [1.82, 2.24) is 14.7 Å². The first kappa shape index (κ1) is 14.1. The van der Waals surface area contributed by atoms with Crippen LogP contribution in [0.15, 0.2) is 6.20 Å². The predicted molar refractivity (Wildman–Crippen MR) is 76.0 cm³/mol. The molecule has 0 saturated carbocycles. The quantitative estimate of drug-likeness (QED) is 0.781. The second-order valence-corrected chi connectivity index (χ2v) is 6.65. The van der Waals surface area contributed by atoms with Crippen molar-refractivity contribution in [3.63, 3.8) is 0 Å². The van der Waals surface area contributed by atoms with Crippen LogP contribution in [0.4, 0.5) is 0 Å². The molecule has 1 saturated heterocycles. The van der Waals surface area contributed by atoms with E-state index in [4.69, 9.17) is 0 Å².